The van der Waals surface area contributed by atoms with Gasteiger partial charge in [-0.05, 0) is 39.8 Å². The van der Waals surface area contributed by atoms with E-state index in [1.165, 1.54) is 0 Å². The lowest BCUT2D eigenvalue weighted by atomic mass is 10.1. The van der Waals surface area contributed by atoms with Crippen molar-refractivity contribution in [3.05, 3.63) is 12.2 Å². The molecular weight excluding hydrogens is 354 g/mol. The van der Waals surface area contributed by atoms with E-state index in [0.29, 0.717) is 18.2 Å². The highest BCUT2D eigenvalue weighted by Crippen LogP contribution is 2.13. The Morgan fingerprint density at radius 2 is 1.60 bits per heavy atom. The predicted molar refractivity (Wildman–Crippen MR) is 90.3 cm³/mol. The third-order valence-corrected chi connectivity index (χ3v) is 4.66. The highest BCUT2D eigenvalue weighted by molar-refractivity contribution is 7.90. The third-order valence-electron chi connectivity index (χ3n) is 3.31. The van der Waals surface area contributed by atoms with Crippen molar-refractivity contribution in [1.29, 1.82) is 0 Å². The monoisotopic (exact) mass is 379 g/mol. The van der Waals surface area contributed by atoms with Crippen molar-refractivity contribution in [2.75, 3.05) is 18.8 Å². The Kier molecular flexibility index (Phi) is 9.94. The smallest absolute Gasteiger partial charge is 0.328 e. The number of carboxylic acids is 2. The van der Waals surface area contributed by atoms with Gasteiger partial charge in [-0.25, -0.2) is 22.7 Å². The van der Waals surface area contributed by atoms with Gasteiger partial charge in [0.05, 0.1) is 0 Å². The Labute approximate surface area is 146 Å². The molecule has 0 spiro atoms. The highest BCUT2D eigenvalue weighted by Gasteiger charge is 2.25. The maximum absolute atomic E-state index is 11.5. The Balaban J connectivity index is 0.000000609. The minimum absolute atomic E-state index is 0.0747. The molecule has 0 aromatic rings. The molecule has 1 heterocycles. The summed E-state index contributed by atoms with van der Waals surface area (Å²) in [5, 5.41) is 15.6. The predicted octanol–water partition coefficient (Wildman–Crippen LogP) is -1.02. The van der Waals surface area contributed by atoms with Crippen LogP contribution >= 0.6 is 0 Å². The fourth-order valence-corrected chi connectivity index (χ4v) is 3.36. The second-order valence-electron chi connectivity index (χ2n) is 5.76. The second-order valence-corrected chi connectivity index (χ2v) is 7.51. The second kappa shape index (κ2) is 10.8. The summed E-state index contributed by atoms with van der Waals surface area (Å²) in [6.07, 6.45) is 2.66. The number of nitrogens with zero attached hydrogens (tertiary/aromatic N) is 1. The van der Waals surface area contributed by atoms with Crippen LogP contribution in [-0.4, -0.2) is 72.3 Å². The molecule has 0 aromatic carbocycles. The summed E-state index contributed by atoms with van der Waals surface area (Å²) in [7, 11) is -3.56. The number of hydrogen-bond acceptors (Lipinski definition) is 6. The normalized spacial score (nSPS) is 16.4. The Bertz CT molecular complexity index is 578. The molecule has 1 fully saturated rings. The molecule has 0 unspecified atom stereocenters. The number of piperidine rings is 1. The first kappa shape index (κ1) is 23.0. The van der Waals surface area contributed by atoms with E-state index in [-0.39, 0.29) is 6.04 Å². The minimum Gasteiger partial charge on any atom is -0.478 e. The molecule has 0 atom stereocenters. The number of carbonyl (C=O) groups excluding carboxylic acids is 1. The van der Waals surface area contributed by atoms with E-state index < -0.39 is 33.6 Å². The van der Waals surface area contributed by atoms with Gasteiger partial charge < -0.3 is 20.8 Å². The molecule has 5 N–H and O–H groups in total. The number of aliphatic carboxylic acids is 2. The van der Waals surface area contributed by atoms with Crippen molar-refractivity contribution < 1.29 is 33.0 Å². The van der Waals surface area contributed by atoms with Crippen molar-refractivity contribution in [2.24, 2.45) is 5.73 Å². The zero-order valence-electron chi connectivity index (χ0n) is 14.2. The van der Waals surface area contributed by atoms with Gasteiger partial charge in [-0.15, -0.1) is 0 Å². The lowest BCUT2D eigenvalue weighted by molar-refractivity contribution is -0.134. The number of carboxylic acid groups (broad SMARTS) is 2. The quantitative estimate of drug-likeness (QED) is 0.407. The lowest BCUT2D eigenvalue weighted by Gasteiger charge is -2.34. The zero-order valence-corrected chi connectivity index (χ0v) is 15.0. The van der Waals surface area contributed by atoms with Crippen LogP contribution in [0.5, 0.6) is 0 Å². The van der Waals surface area contributed by atoms with Crippen molar-refractivity contribution >= 4 is 27.9 Å². The van der Waals surface area contributed by atoms with Crippen LogP contribution in [0.4, 0.5) is 0 Å². The SMILES string of the molecule is CC(C)N1CCC(NS(=O)(=O)CC(N)=O)CC1.O=C(O)/C=C/C(=O)O. The fraction of sp³-hybridized carbons (Fsp3) is 0.643. The van der Waals surface area contributed by atoms with Crippen molar-refractivity contribution in [3.8, 4) is 0 Å². The number of nitrogens with one attached hydrogen (secondary N) is 1. The van der Waals surface area contributed by atoms with Gasteiger partial charge in [0.2, 0.25) is 15.9 Å². The number of nitrogens with two attached hydrogens (primary N) is 1. The molecule has 10 nitrogen and oxygen atoms in total. The topological polar surface area (TPSA) is 167 Å². The molecule has 1 aliphatic heterocycles. The zero-order chi connectivity index (χ0) is 19.6. The first-order valence-electron chi connectivity index (χ1n) is 7.59. The summed E-state index contributed by atoms with van der Waals surface area (Å²) in [4.78, 5) is 32.0. The van der Waals surface area contributed by atoms with Crippen LogP contribution in [0.3, 0.4) is 0 Å². The summed E-state index contributed by atoms with van der Waals surface area (Å²) < 4.78 is 25.5. The van der Waals surface area contributed by atoms with E-state index >= 15 is 0 Å². The fourth-order valence-electron chi connectivity index (χ4n) is 2.16. The number of likely N-dealkylation sites (tertiary alicyclic amines) is 1. The van der Waals surface area contributed by atoms with E-state index in [4.69, 9.17) is 15.9 Å². The molecule has 0 aromatic heterocycles. The average molecular weight is 379 g/mol. The summed E-state index contributed by atoms with van der Waals surface area (Å²) in [5.74, 6) is -3.96. The van der Waals surface area contributed by atoms with Gasteiger partial charge in [-0.1, -0.05) is 0 Å². The Hall–Kier alpha value is -1.98. The van der Waals surface area contributed by atoms with Crippen LogP contribution in [0.25, 0.3) is 0 Å². The molecule has 1 rings (SSSR count). The molecule has 0 radical (unpaired) electrons. The highest BCUT2D eigenvalue weighted by atomic mass is 32.2. The van der Waals surface area contributed by atoms with Gasteiger partial charge in [-0.2, -0.15) is 0 Å². The summed E-state index contributed by atoms with van der Waals surface area (Å²) in [6, 6.07) is 0.410. The van der Waals surface area contributed by atoms with Crippen LogP contribution in [0, 0.1) is 0 Å². The molecule has 1 saturated heterocycles. The number of sulfonamides is 1. The summed E-state index contributed by atoms with van der Waals surface area (Å²) in [6.45, 7) is 6.00. The average Bonchev–Trinajstić information content (AvgIpc) is 2.44. The molecule has 1 aliphatic rings. The number of carbonyl (C=O) groups is 3. The third kappa shape index (κ3) is 12.1. The molecule has 144 valence electrons. The Morgan fingerprint density at radius 3 is 1.92 bits per heavy atom. The van der Waals surface area contributed by atoms with E-state index in [1.54, 1.807) is 0 Å². The standard InChI is InChI=1S/C10H21N3O3S.C4H4O4/c1-8(2)13-5-3-9(4-6-13)12-17(15,16)7-10(11)14;5-3(6)1-2-4(7)8/h8-9,12H,3-7H2,1-2H3,(H2,11,14);1-2H,(H,5,6)(H,7,8)/b;2-1+. The van der Waals surface area contributed by atoms with Gasteiger partial charge in [0.15, 0.2) is 0 Å². The van der Waals surface area contributed by atoms with Crippen molar-refractivity contribution in [2.45, 2.75) is 38.8 Å². The van der Waals surface area contributed by atoms with Crippen molar-refractivity contribution in [3.63, 3.8) is 0 Å². The van der Waals surface area contributed by atoms with Gasteiger partial charge >= 0.3 is 11.9 Å². The number of hydrogen-bond donors (Lipinski definition) is 4. The molecule has 11 heteroatoms. The first-order chi connectivity index (χ1) is 11.4. The van der Waals surface area contributed by atoms with Crippen LogP contribution in [0.1, 0.15) is 26.7 Å². The lowest BCUT2D eigenvalue weighted by Crippen LogP contribution is -2.47. The van der Waals surface area contributed by atoms with Gasteiger partial charge in [0.25, 0.3) is 0 Å². The summed E-state index contributed by atoms with van der Waals surface area (Å²) in [5.41, 5.74) is 4.88. The number of rotatable bonds is 7. The Morgan fingerprint density at radius 1 is 1.16 bits per heavy atom. The molecule has 0 bridgehead atoms. The van der Waals surface area contributed by atoms with E-state index in [1.807, 2.05) is 0 Å². The van der Waals surface area contributed by atoms with Crippen molar-refractivity contribution in [1.82, 2.24) is 9.62 Å². The molecular formula is C14H25N3O7S. The maximum Gasteiger partial charge on any atom is 0.328 e. The van der Waals surface area contributed by atoms with Gasteiger partial charge in [0.1, 0.15) is 5.75 Å². The minimum atomic E-state index is -3.56. The van der Waals surface area contributed by atoms with E-state index in [2.05, 4.69) is 23.5 Å². The molecule has 0 saturated carbocycles. The van der Waals surface area contributed by atoms with Crippen LogP contribution < -0.4 is 10.5 Å². The maximum atomic E-state index is 11.5. The van der Waals surface area contributed by atoms with Crippen LogP contribution in [-0.2, 0) is 24.4 Å². The largest absolute Gasteiger partial charge is 0.478 e. The molecule has 25 heavy (non-hydrogen) atoms. The first-order valence-corrected chi connectivity index (χ1v) is 9.24. The van der Waals surface area contributed by atoms with E-state index in [0.717, 1.165) is 25.9 Å². The van der Waals surface area contributed by atoms with Gasteiger partial charge in [-0.3, -0.25) is 4.79 Å². The summed E-state index contributed by atoms with van der Waals surface area (Å²) >= 11 is 0. The molecule has 1 amide bonds. The van der Waals surface area contributed by atoms with Crippen LogP contribution in [0.2, 0.25) is 0 Å². The van der Waals surface area contributed by atoms with E-state index in [9.17, 15) is 22.8 Å². The van der Waals surface area contributed by atoms with Crippen LogP contribution in [0.15, 0.2) is 12.2 Å². The number of amides is 1. The molecule has 0 aliphatic carbocycles. The van der Waals surface area contributed by atoms with Gasteiger partial charge in [0, 0.05) is 24.2 Å². The number of primary amides is 1.